The second-order valence-electron chi connectivity index (χ2n) is 6.92. The maximum absolute atomic E-state index is 12.1. The van der Waals surface area contributed by atoms with E-state index in [-0.39, 0.29) is 18.1 Å². The highest BCUT2D eigenvalue weighted by molar-refractivity contribution is 5.95. The summed E-state index contributed by atoms with van der Waals surface area (Å²) in [6.07, 6.45) is 0.219. The topological polar surface area (TPSA) is 89.8 Å². The van der Waals surface area contributed by atoms with Gasteiger partial charge in [-0.2, -0.15) is 4.80 Å². The van der Waals surface area contributed by atoms with Crippen LogP contribution in [0.5, 0.6) is 0 Å². The van der Waals surface area contributed by atoms with Crippen LogP contribution in [-0.4, -0.2) is 31.9 Å². The first-order chi connectivity index (χ1) is 13.4. The van der Waals surface area contributed by atoms with E-state index in [9.17, 15) is 9.59 Å². The van der Waals surface area contributed by atoms with Crippen molar-refractivity contribution in [2.24, 2.45) is 0 Å². The smallest absolute Gasteiger partial charge is 0.226 e. The monoisotopic (exact) mass is 377 g/mol. The van der Waals surface area contributed by atoms with Crippen LogP contribution in [0.3, 0.4) is 0 Å². The predicted molar refractivity (Wildman–Crippen MR) is 107 cm³/mol. The molecule has 1 amide bonds. The van der Waals surface area contributed by atoms with Gasteiger partial charge in [-0.25, -0.2) is 0 Å². The number of ketones is 1. The van der Waals surface area contributed by atoms with Gasteiger partial charge in [-0.05, 0) is 47.9 Å². The zero-order valence-electron chi connectivity index (χ0n) is 16.2. The normalized spacial score (nSPS) is 10.9. The molecule has 0 aliphatic carbocycles. The Kier molecular flexibility index (Phi) is 5.93. The van der Waals surface area contributed by atoms with E-state index in [2.05, 4.69) is 46.7 Å². The van der Waals surface area contributed by atoms with Crippen LogP contribution in [0.2, 0.25) is 0 Å². The van der Waals surface area contributed by atoms with E-state index < -0.39 is 0 Å². The Labute approximate surface area is 163 Å². The maximum atomic E-state index is 12.1. The summed E-state index contributed by atoms with van der Waals surface area (Å²) in [5, 5.41) is 15.2. The number of benzene rings is 2. The van der Waals surface area contributed by atoms with Crippen molar-refractivity contribution in [1.29, 1.82) is 0 Å². The average molecular weight is 377 g/mol. The van der Waals surface area contributed by atoms with E-state index in [1.165, 1.54) is 17.3 Å². The summed E-state index contributed by atoms with van der Waals surface area (Å²) < 4.78 is 0. The summed E-state index contributed by atoms with van der Waals surface area (Å²) in [6.45, 7) is 6.12. The Bertz CT molecular complexity index is 959. The van der Waals surface area contributed by atoms with Crippen LogP contribution in [0.15, 0.2) is 48.5 Å². The SMILES string of the molecule is CC(=O)c1ccc(NC(=O)CCn2nnc(-c3ccc(C(C)C)cc3)n2)cc1. The maximum Gasteiger partial charge on any atom is 0.226 e. The molecule has 144 valence electrons. The Hall–Kier alpha value is -3.35. The lowest BCUT2D eigenvalue weighted by molar-refractivity contribution is -0.116. The van der Waals surface area contributed by atoms with Gasteiger partial charge in [0.1, 0.15) is 0 Å². The van der Waals surface area contributed by atoms with Crippen molar-refractivity contribution in [3.63, 3.8) is 0 Å². The number of nitrogens with one attached hydrogen (secondary N) is 1. The van der Waals surface area contributed by atoms with Crippen LogP contribution in [0.25, 0.3) is 11.4 Å². The standard InChI is InChI=1S/C21H23N5O2/c1-14(2)16-4-6-18(7-5-16)21-23-25-26(24-21)13-12-20(28)22-19-10-8-17(9-11-19)15(3)27/h4-11,14H,12-13H2,1-3H3,(H,22,28). The first-order valence-electron chi connectivity index (χ1n) is 9.21. The number of aromatic nitrogens is 4. The summed E-state index contributed by atoms with van der Waals surface area (Å²) in [5.41, 5.74) is 3.40. The average Bonchev–Trinajstić information content (AvgIpc) is 3.16. The molecular formula is C21H23N5O2. The third-order valence-electron chi connectivity index (χ3n) is 4.40. The number of rotatable bonds is 7. The largest absolute Gasteiger partial charge is 0.326 e. The molecule has 0 aliphatic rings. The molecule has 0 unspecified atom stereocenters. The molecule has 0 bridgehead atoms. The lowest BCUT2D eigenvalue weighted by Gasteiger charge is -2.05. The fraction of sp³-hybridized carbons (Fsp3) is 0.286. The quantitative estimate of drug-likeness (QED) is 0.634. The van der Waals surface area contributed by atoms with Crippen LogP contribution in [0.1, 0.15) is 49.0 Å². The molecule has 1 N–H and O–H groups in total. The first kappa shape index (κ1) is 19.4. The highest BCUT2D eigenvalue weighted by atomic mass is 16.1. The van der Waals surface area contributed by atoms with Gasteiger partial charge in [-0.3, -0.25) is 9.59 Å². The molecule has 1 aromatic heterocycles. The molecular weight excluding hydrogens is 354 g/mol. The van der Waals surface area contributed by atoms with Crippen molar-refractivity contribution in [2.45, 2.75) is 39.7 Å². The molecule has 0 atom stereocenters. The molecule has 0 spiro atoms. The van der Waals surface area contributed by atoms with Crippen molar-refractivity contribution in [2.75, 3.05) is 5.32 Å². The molecule has 2 aromatic carbocycles. The molecule has 0 fully saturated rings. The van der Waals surface area contributed by atoms with E-state index in [1.807, 2.05) is 12.1 Å². The van der Waals surface area contributed by atoms with Crippen molar-refractivity contribution in [3.8, 4) is 11.4 Å². The molecule has 7 nitrogen and oxygen atoms in total. The number of amides is 1. The van der Waals surface area contributed by atoms with Crippen molar-refractivity contribution < 1.29 is 9.59 Å². The summed E-state index contributed by atoms with van der Waals surface area (Å²) >= 11 is 0. The van der Waals surface area contributed by atoms with E-state index in [1.54, 1.807) is 24.3 Å². The zero-order valence-corrected chi connectivity index (χ0v) is 16.2. The lowest BCUT2D eigenvalue weighted by atomic mass is 10.0. The van der Waals surface area contributed by atoms with E-state index in [0.29, 0.717) is 29.5 Å². The minimum absolute atomic E-state index is 0.00946. The van der Waals surface area contributed by atoms with Gasteiger partial charge in [0.25, 0.3) is 0 Å². The van der Waals surface area contributed by atoms with Crippen molar-refractivity contribution in [3.05, 3.63) is 59.7 Å². The number of Topliss-reactive ketones (excluding diaryl/α,β-unsaturated/α-hetero) is 1. The molecule has 1 heterocycles. The number of carbonyl (C=O) groups excluding carboxylic acids is 2. The Morgan fingerprint density at radius 1 is 1.04 bits per heavy atom. The molecule has 0 radical (unpaired) electrons. The number of tetrazole rings is 1. The highest BCUT2D eigenvalue weighted by Gasteiger charge is 2.09. The minimum atomic E-state index is -0.157. The van der Waals surface area contributed by atoms with Gasteiger partial charge in [0, 0.05) is 23.2 Å². The van der Waals surface area contributed by atoms with Crippen LogP contribution >= 0.6 is 0 Å². The molecule has 0 saturated carbocycles. The van der Waals surface area contributed by atoms with Crippen LogP contribution < -0.4 is 5.32 Å². The van der Waals surface area contributed by atoms with E-state index in [4.69, 9.17) is 0 Å². The number of aryl methyl sites for hydroxylation is 1. The third kappa shape index (κ3) is 4.88. The van der Waals surface area contributed by atoms with Gasteiger partial charge in [0.15, 0.2) is 5.78 Å². The van der Waals surface area contributed by atoms with Crippen molar-refractivity contribution >= 4 is 17.4 Å². The van der Waals surface area contributed by atoms with Crippen LogP contribution in [0, 0.1) is 0 Å². The van der Waals surface area contributed by atoms with Crippen molar-refractivity contribution in [1.82, 2.24) is 20.2 Å². The zero-order chi connectivity index (χ0) is 20.1. The second-order valence-corrected chi connectivity index (χ2v) is 6.92. The summed E-state index contributed by atoms with van der Waals surface area (Å²) in [4.78, 5) is 24.8. The number of hydrogen-bond donors (Lipinski definition) is 1. The van der Waals surface area contributed by atoms with Gasteiger partial charge in [-0.15, -0.1) is 10.2 Å². The van der Waals surface area contributed by atoms with Gasteiger partial charge < -0.3 is 5.32 Å². The third-order valence-corrected chi connectivity index (χ3v) is 4.40. The Balaban J connectivity index is 1.55. The lowest BCUT2D eigenvalue weighted by Crippen LogP contribution is -2.15. The van der Waals surface area contributed by atoms with Gasteiger partial charge >= 0.3 is 0 Å². The molecule has 0 aliphatic heterocycles. The number of nitrogens with zero attached hydrogens (tertiary/aromatic N) is 4. The minimum Gasteiger partial charge on any atom is -0.326 e. The first-order valence-corrected chi connectivity index (χ1v) is 9.21. The summed E-state index contributed by atoms with van der Waals surface area (Å²) in [6, 6.07) is 14.9. The fourth-order valence-electron chi connectivity index (χ4n) is 2.68. The van der Waals surface area contributed by atoms with Crippen LogP contribution in [-0.2, 0) is 11.3 Å². The summed E-state index contributed by atoms with van der Waals surface area (Å²) in [5.74, 6) is 0.839. The highest BCUT2D eigenvalue weighted by Crippen LogP contribution is 2.19. The fourth-order valence-corrected chi connectivity index (χ4v) is 2.68. The number of hydrogen-bond acceptors (Lipinski definition) is 5. The number of carbonyl (C=O) groups is 2. The molecule has 0 saturated heterocycles. The van der Waals surface area contributed by atoms with Crippen LogP contribution in [0.4, 0.5) is 5.69 Å². The molecule has 3 rings (SSSR count). The molecule has 7 heteroatoms. The molecule has 28 heavy (non-hydrogen) atoms. The van der Waals surface area contributed by atoms with Gasteiger partial charge in [-0.1, -0.05) is 38.1 Å². The Morgan fingerprint density at radius 3 is 2.32 bits per heavy atom. The Morgan fingerprint density at radius 2 is 1.71 bits per heavy atom. The predicted octanol–water partition coefficient (Wildman–Crippen LogP) is 3.69. The van der Waals surface area contributed by atoms with Gasteiger partial charge in [0.2, 0.25) is 11.7 Å². The second kappa shape index (κ2) is 8.56. The number of anilines is 1. The van der Waals surface area contributed by atoms with E-state index >= 15 is 0 Å². The molecule has 3 aromatic rings. The van der Waals surface area contributed by atoms with E-state index in [0.717, 1.165) is 5.56 Å². The summed E-state index contributed by atoms with van der Waals surface area (Å²) in [7, 11) is 0. The van der Waals surface area contributed by atoms with Gasteiger partial charge in [0.05, 0.1) is 6.54 Å².